The molecule has 0 amide bonds. The molecule has 94 valence electrons. The first-order chi connectivity index (χ1) is 8.74. The minimum atomic E-state index is 0.0585. The van der Waals surface area contributed by atoms with Crippen LogP contribution in [0.1, 0.15) is 10.4 Å². The van der Waals surface area contributed by atoms with Crippen LogP contribution < -0.4 is 5.32 Å². The lowest BCUT2D eigenvalue weighted by Gasteiger charge is -2.41. The van der Waals surface area contributed by atoms with Gasteiger partial charge >= 0.3 is 0 Å². The molecule has 0 saturated carbocycles. The molecule has 0 atom stereocenters. The van der Waals surface area contributed by atoms with Crippen molar-refractivity contribution >= 4 is 33.0 Å². The summed E-state index contributed by atoms with van der Waals surface area (Å²) in [6.45, 7) is 1.55. The summed E-state index contributed by atoms with van der Waals surface area (Å²) in [5.74, 6) is 0. The van der Waals surface area contributed by atoms with Crippen molar-refractivity contribution < 1.29 is 4.74 Å². The molecule has 1 aromatic carbocycles. The summed E-state index contributed by atoms with van der Waals surface area (Å²) >= 11 is 5.34. The SMILES string of the molecule is CNc1ccc(C2(c3ccc(Br)s3)COC2)cc1. The predicted molar refractivity (Wildman–Crippen MR) is 79.6 cm³/mol. The molecule has 0 aliphatic carbocycles. The van der Waals surface area contributed by atoms with E-state index >= 15 is 0 Å². The van der Waals surface area contributed by atoms with Gasteiger partial charge in [0.2, 0.25) is 0 Å². The van der Waals surface area contributed by atoms with Gasteiger partial charge in [0.1, 0.15) is 0 Å². The van der Waals surface area contributed by atoms with Crippen molar-refractivity contribution in [1.82, 2.24) is 0 Å². The maximum atomic E-state index is 5.49. The van der Waals surface area contributed by atoms with E-state index in [0.717, 1.165) is 18.9 Å². The fraction of sp³-hybridized carbons (Fsp3) is 0.286. The van der Waals surface area contributed by atoms with Gasteiger partial charge in [-0.3, -0.25) is 0 Å². The van der Waals surface area contributed by atoms with Crippen molar-refractivity contribution in [2.24, 2.45) is 0 Å². The molecule has 4 heteroatoms. The van der Waals surface area contributed by atoms with E-state index in [2.05, 4.69) is 57.6 Å². The highest BCUT2D eigenvalue weighted by atomic mass is 79.9. The summed E-state index contributed by atoms with van der Waals surface area (Å²) in [5, 5.41) is 3.15. The maximum absolute atomic E-state index is 5.49. The van der Waals surface area contributed by atoms with E-state index < -0.39 is 0 Å². The Morgan fingerprint density at radius 2 is 1.89 bits per heavy atom. The Hall–Kier alpha value is -0.840. The quantitative estimate of drug-likeness (QED) is 0.925. The number of halogens is 1. The van der Waals surface area contributed by atoms with Gasteiger partial charge in [-0.25, -0.2) is 0 Å². The average Bonchev–Trinajstić information content (AvgIpc) is 2.76. The van der Waals surface area contributed by atoms with Gasteiger partial charge < -0.3 is 10.1 Å². The van der Waals surface area contributed by atoms with Crippen LogP contribution in [0.2, 0.25) is 0 Å². The molecular formula is C14H14BrNOS. The number of thiophene rings is 1. The number of rotatable bonds is 3. The van der Waals surface area contributed by atoms with Gasteiger partial charge in [0, 0.05) is 17.6 Å². The van der Waals surface area contributed by atoms with E-state index in [1.165, 1.54) is 14.2 Å². The highest BCUT2D eigenvalue weighted by Crippen LogP contribution is 2.43. The molecule has 1 fully saturated rings. The highest BCUT2D eigenvalue weighted by Gasteiger charge is 2.43. The van der Waals surface area contributed by atoms with Crippen LogP contribution in [0.15, 0.2) is 40.2 Å². The van der Waals surface area contributed by atoms with Crippen LogP contribution in [0.25, 0.3) is 0 Å². The molecule has 1 aromatic heterocycles. The Bertz CT molecular complexity index is 545. The Kier molecular flexibility index (Phi) is 3.18. The van der Waals surface area contributed by atoms with Crippen molar-refractivity contribution in [2.45, 2.75) is 5.41 Å². The predicted octanol–water partition coefficient (Wildman–Crippen LogP) is 3.87. The van der Waals surface area contributed by atoms with E-state index in [9.17, 15) is 0 Å². The molecular weight excluding hydrogens is 310 g/mol. The van der Waals surface area contributed by atoms with Gasteiger partial charge in [-0.1, -0.05) is 12.1 Å². The first-order valence-corrected chi connectivity index (χ1v) is 7.47. The normalized spacial score (nSPS) is 17.2. The number of hydrogen-bond acceptors (Lipinski definition) is 3. The van der Waals surface area contributed by atoms with Crippen LogP contribution in [-0.4, -0.2) is 20.3 Å². The third kappa shape index (κ3) is 1.88. The largest absolute Gasteiger partial charge is 0.388 e. The monoisotopic (exact) mass is 323 g/mol. The molecule has 1 saturated heterocycles. The minimum absolute atomic E-state index is 0.0585. The number of hydrogen-bond donors (Lipinski definition) is 1. The molecule has 2 aromatic rings. The first-order valence-electron chi connectivity index (χ1n) is 5.86. The van der Waals surface area contributed by atoms with Gasteiger partial charge in [-0.2, -0.15) is 0 Å². The van der Waals surface area contributed by atoms with Crippen LogP contribution in [0, 0.1) is 0 Å². The van der Waals surface area contributed by atoms with E-state index in [-0.39, 0.29) is 5.41 Å². The van der Waals surface area contributed by atoms with E-state index in [4.69, 9.17) is 4.74 Å². The lowest BCUT2D eigenvalue weighted by Crippen LogP contribution is -2.47. The molecule has 2 heterocycles. The van der Waals surface area contributed by atoms with Crippen molar-refractivity contribution in [2.75, 3.05) is 25.6 Å². The Morgan fingerprint density at radius 3 is 2.33 bits per heavy atom. The lowest BCUT2D eigenvalue weighted by molar-refractivity contribution is -0.0362. The number of nitrogens with one attached hydrogen (secondary N) is 1. The van der Waals surface area contributed by atoms with Crippen LogP contribution in [0.3, 0.4) is 0 Å². The standard InChI is InChI=1S/C14H14BrNOS/c1-16-11-4-2-10(3-5-11)14(8-17-9-14)12-6-7-13(15)18-12/h2-7,16H,8-9H2,1H3. The molecule has 1 aliphatic rings. The molecule has 2 nitrogen and oxygen atoms in total. The molecule has 0 spiro atoms. The Balaban J connectivity index is 2.00. The number of anilines is 1. The second-order valence-corrected chi connectivity index (χ2v) is 6.97. The number of ether oxygens (including phenoxy) is 1. The summed E-state index contributed by atoms with van der Waals surface area (Å²) in [4.78, 5) is 1.37. The van der Waals surface area contributed by atoms with Gasteiger partial charge in [0.25, 0.3) is 0 Å². The molecule has 18 heavy (non-hydrogen) atoms. The van der Waals surface area contributed by atoms with E-state index in [1.54, 1.807) is 11.3 Å². The highest BCUT2D eigenvalue weighted by molar-refractivity contribution is 9.11. The minimum Gasteiger partial charge on any atom is -0.388 e. The maximum Gasteiger partial charge on any atom is 0.0763 e. The molecule has 0 radical (unpaired) electrons. The summed E-state index contributed by atoms with van der Waals surface area (Å²) < 4.78 is 6.67. The average molecular weight is 324 g/mol. The van der Waals surface area contributed by atoms with Gasteiger partial charge in [0.05, 0.1) is 22.4 Å². The van der Waals surface area contributed by atoms with Crippen molar-refractivity contribution in [3.05, 3.63) is 50.6 Å². The second-order valence-electron chi connectivity index (χ2n) is 4.51. The topological polar surface area (TPSA) is 21.3 Å². The van der Waals surface area contributed by atoms with Crippen LogP contribution in [0.4, 0.5) is 5.69 Å². The zero-order valence-corrected chi connectivity index (χ0v) is 12.5. The molecule has 3 rings (SSSR count). The van der Waals surface area contributed by atoms with E-state index in [0.29, 0.717) is 0 Å². The van der Waals surface area contributed by atoms with E-state index in [1.807, 2.05) is 7.05 Å². The summed E-state index contributed by atoms with van der Waals surface area (Å²) in [5.41, 5.74) is 2.53. The smallest absolute Gasteiger partial charge is 0.0763 e. The van der Waals surface area contributed by atoms with Gasteiger partial charge in [-0.05, 0) is 45.8 Å². The summed E-state index contributed by atoms with van der Waals surface area (Å²) in [6, 6.07) is 12.9. The second kappa shape index (κ2) is 4.68. The third-order valence-corrected chi connectivity index (χ3v) is 5.30. The van der Waals surface area contributed by atoms with Gasteiger partial charge in [-0.15, -0.1) is 11.3 Å². The fourth-order valence-corrected chi connectivity index (χ4v) is 3.85. The lowest BCUT2D eigenvalue weighted by atomic mass is 9.77. The molecule has 0 unspecified atom stereocenters. The summed E-state index contributed by atoms with van der Waals surface area (Å²) in [6.07, 6.45) is 0. The molecule has 1 aliphatic heterocycles. The zero-order chi connectivity index (χ0) is 12.6. The van der Waals surface area contributed by atoms with Crippen molar-refractivity contribution in [3.63, 3.8) is 0 Å². The van der Waals surface area contributed by atoms with Crippen molar-refractivity contribution in [3.8, 4) is 0 Å². The summed E-state index contributed by atoms with van der Waals surface area (Å²) in [7, 11) is 1.94. The van der Waals surface area contributed by atoms with Crippen LogP contribution in [-0.2, 0) is 10.2 Å². The fourth-order valence-electron chi connectivity index (χ4n) is 2.28. The first kappa shape index (κ1) is 12.2. The third-order valence-electron chi connectivity index (χ3n) is 3.47. The zero-order valence-electron chi connectivity index (χ0n) is 10.1. The van der Waals surface area contributed by atoms with Crippen molar-refractivity contribution in [1.29, 1.82) is 0 Å². The van der Waals surface area contributed by atoms with Gasteiger partial charge in [0.15, 0.2) is 0 Å². The number of benzene rings is 1. The molecule has 0 bridgehead atoms. The molecule has 1 N–H and O–H groups in total. The Morgan fingerprint density at radius 1 is 1.17 bits per heavy atom. The Labute approximate surface area is 119 Å². The van der Waals surface area contributed by atoms with Crippen LogP contribution >= 0.6 is 27.3 Å². The van der Waals surface area contributed by atoms with Crippen LogP contribution in [0.5, 0.6) is 0 Å².